The van der Waals surface area contributed by atoms with E-state index in [9.17, 15) is 4.79 Å². The second-order valence-corrected chi connectivity index (χ2v) is 7.22. The summed E-state index contributed by atoms with van der Waals surface area (Å²) in [5.74, 6) is -0.0222. The van der Waals surface area contributed by atoms with Crippen LogP contribution in [0.1, 0.15) is 21.7 Å². The molecule has 1 aliphatic rings. The van der Waals surface area contributed by atoms with Gasteiger partial charge in [-0.15, -0.1) is 11.3 Å². The van der Waals surface area contributed by atoms with Crippen LogP contribution in [0.2, 0.25) is 0 Å². The molecule has 2 N–H and O–H groups in total. The van der Waals surface area contributed by atoms with Crippen molar-refractivity contribution >= 4 is 38.9 Å². The third-order valence-corrected chi connectivity index (χ3v) is 5.46. The molecule has 0 aliphatic heterocycles. The van der Waals surface area contributed by atoms with E-state index in [2.05, 4.69) is 32.6 Å². The topological polar surface area (TPSA) is 41.1 Å². The lowest BCUT2D eigenvalue weighted by molar-refractivity contribution is -0.115. The molecular weight excluding hydrogens is 348 g/mol. The van der Waals surface area contributed by atoms with Crippen LogP contribution in [0.25, 0.3) is 0 Å². The number of halogens is 1. The molecule has 1 heterocycles. The summed E-state index contributed by atoms with van der Waals surface area (Å²) in [5.41, 5.74) is 2.31. The lowest BCUT2D eigenvalue weighted by Gasteiger charge is -2.07. The van der Waals surface area contributed by atoms with Crippen molar-refractivity contribution in [1.29, 1.82) is 0 Å². The minimum atomic E-state index is -0.0222. The monoisotopic (exact) mass is 364 g/mol. The molecule has 2 aromatic rings. The molecule has 21 heavy (non-hydrogen) atoms. The van der Waals surface area contributed by atoms with Crippen molar-refractivity contribution in [2.45, 2.75) is 25.8 Å². The highest BCUT2D eigenvalue weighted by Gasteiger charge is 2.14. The fourth-order valence-electron chi connectivity index (χ4n) is 2.53. The van der Waals surface area contributed by atoms with Crippen LogP contribution < -0.4 is 10.6 Å². The molecule has 1 aromatic carbocycles. The summed E-state index contributed by atoms with van der Waals surface area (Å²) in [6, 6.07) is 9.91. The Hall–Kier alpha value is -1.17. The van der Waals surface area contributed by atoms with E-state index in [1.165, 1.54) is 34.6 Å². The number of carbonyl (C=O) groups excluding carboxylic acids is 1. The van der Waals surface area contributed by atoms with Gasteiger partial charge in [0.05, 0.1) is 12.2 Å². The molecule has 1 aromatic heterocycles. The van der Waals surface area contributed by atoms with Crippen molar-refractivity contribution in [3.05, 3.63) is 50.1 Å². The minimum Gasteiger partial charge on any atom is -0.324 e. The van der Waals surface area contributed by atoms with E-state index in [0.717, 1.165) is 16.7 Å². The molecule has 0 unspecified atom stereocenters. The largest absolute Gasteiger partial charge is 0.324 e. The summed E-state index contributed by atoms with van der Waals surface area (Å²) in [6.45, 7) is 1.09. The maximum absolute atomic E-state index is 11.9. The maximum atomic E-state index is 11.9. The van der Waals surface area contributed by atoms with Crippen LogP contribution in [0.3, 0.4) is 0 Å². The number of carbonyl (C=O) groups is 1. The Morgan fingerprint density at radius 3 is 2.95 bits per heavy atom. The van der Waals surface area contributed by atoms with Crippen molar-refractivity contribution in [2.75, 3.05) is 11.9 Å². The van der Waals surface area contributed by atoms with Crippen LogP contribution in [0.15, 0.2) is 34.8 Å². The Morgan fingerprint density at radius 2 is 2.14 bits per heavy atom. The van der Waals surface area contributed by atoms with E-state index < -0.39 is 0 Å². The maximum Gasteiger partial charge on any atom is 0.238 e. The number of para-hydroxylation sites is 1. The average molecular weight is 365 g/mol. The van der Waals surface area contributed by atoms with Crippen LogP contribution in [-0.4, -0.2) is 12.5 Å². The third-order valence-electron chi connectivity index (χ3n) is 3.53. The molecule has 3 rings (SSSR count). The molecular formula is C16H17BrN2OS. The fourth-order valence-corrected chi connectivity index (χ4v) is 4.15. The molecule has 1 amide bonds. The number of benzene rings is 1. The second kappa shape index (κ2) is 6.73. The first-order valence-electron chi connectivity index (χ1n) is 7.08. The van der Waals surface area contributed by atoms with Gasteiger partial charge in [-0.2, -0.15) is 0 Å². The third kappa shape index (κ3) is 3.73. The van der Waals surface area contributed by atoms with Gasteiger partial charge in [-0.25, -0.2) is 0 Å². The smallest absolute Gasteiger partial charge is 0.238 e. The number of hydrogen-bond acceptors (Lipinski definition) is 3. The van der Waals surface area contributed by atoms with Gasteiger partial charge < -0.3 is 10.6 Å². The molecule has 0 saturated carbocycles. The van der Waals surface area contributed by atoms with Crippen molar-refractivity contribution in [3.8, 4) is 0 Å². The van der Waals surface area contributed by atoms with E-state index in [1.807, 2.05) is 35.6 Å². The standard InChI is InChI=1S/C16H17BrN2OS/c17-13-5-1-2-6-14(13)19-16(20)10-18-9-12-8-11-4-3-7-15(11)21-12/h1-2,5-6,8,18H,3-4,7,9-10H2,(H,19,20). The fraction of sp³-hybridized carbons (Fsp3) is 0.312. The second-order valence-electron chi connectivity index (χ2n) is 5.15. The SMILES string of the molecule is O=C(CNCc1cc2c(s1)CCC2)Nc1ccccc1Br. The van der Waals surface area contributed by atoms with E-state index in [-0.39, 0.29) is 5.91 Å². The van der Waals surface area contributed by atoms with E-state index >= 15 is 0 Å². The van der Waals surface area contributed by atoms with Gasteiger partial charge in [0, 0.05) is 20.8 Å². The highest BCUT2D eigenvalue weighted by Crippen LogP contribution is 2.30. The average Bonchev–Trinajstić information content (AvgIpc) is 3.02. The molecule has 0 spiro atoms. The van der Waals surface area contributed by atoms with Gasteiger partial charge in [0.25, 0.3) is 0 Å². The van der Waals surface area contributed by atoms with Crippen LogP contribution in [0.4, 0.5) is 5.69 Å². The lowest BCUT2D eigenvalue weighted by atomic mass is 10.2. The van der Waals surface area contributed by atoms with Gasteiger partial charge in [-0.05, 0) is 59.0 Å². The Balaban J connectivity index is 1.46. The number of fused-ring (bicyclic) bond motifs is 1. The van der Waals surface area contributed by atoms with E-state index in [4.69, 9.17) is 0 Å². The van der Waals surface area contributed by atoms with Crippen LogP contribution in [-0.2, 0) is 24.2 Å². The number of rotatable bonds is 5. The lowest BCUT2D eigenvalue weighted by Crippen LogP contribution is -2.27. The molecule has 5 heteroatoms. The summed E-state index contributed by atoms with van der Waals surface area (Å²) < 4.78 is 0.896. The molecule has 0 bridgehead atoms. The number of nitrogens with one attached hydrogen (secondary N) is 2. The molecule has 3 nitrogen and oxygen atoms in total. The Morgan fingerprint density at radius 1 is 1.29 bits per heavy atom. The highest BCUT2D eigenvalue weighted by atomic mass is 79.9. The summed E-state index contributed by atoms with van der Waals surface area (Å²) >= 11 is 5.30. The van der Waals surface area contributed by atoms with E-state index in [1.54, 1.807) is 0 Å². The first-order valence-corrected chi connectivity index (χ1v) is 8.69. The van der Waals surface area contributed by atoms with E-state index in [0.29, 0.717) is 6.54 Å². The first kappa shape index (κ1) is 14.8. The van der Waals surface area contributed by atoms with Crippen molar-refractivity contribution in [3.63, 3.8) is 0 Å². The van der Waals surface area contributed by atoms with Gasteiger partial charge in [0.15, 0.2) is 0 Å². The zero-order valence-electron chi connectivity index (χ0n) is 11.6. The van der Waals surface area contributed by atoms with Crippen molar-refractivity contribution < 1.29 is 4.79 Å². The van der Waals surface area contributed by atoms with Gasteiger partial charge in [0.1, 0.15) is 0 Å². The predicted octanol–water partition coefficient (Wildman–Crippen LogP) is 3.73. The van der Waals surface area contributed by atoms with Gasteiger partial charge in [0.2, 0.25) is 5.91 Å². The van der Waals surface area contributed by atoms with Gasteiger partial charge in [-0.3, -0.25) is 4.79 Å². The molecule has 0 atom stereocenters. The number of aryl methyl sites for hydroxylation is 2. The minimum absolute atomic E-state index is 0.0222. The van der Waals surface area contributed by atoms with Crippen LogP contribution in [0, 0.1) is 0 Å². The predicted molar refractivity (Wildman–Crippen MR) is 90.8 cm³/mol. The quantitative estimate of drug-likeness (QED) is 0.848. The normalized spacial score (nSPS) is 13.2. The Kier molecular flexibility index (Phi) is 4.73. The summed E-state index contributed by atoms with van der Waals surface area (Å²) in [6.07, 6.45) is 3.74. The summed E-state index contributed by atoms with van der Waals surface area (Å²) in [7, 11) is 0. The number of thiophene rings is 1. The Bertz CT molecular complexity index is 632. The summed E-state index contributed by atoms with van der Waals surface area (Å²) in [4.78, 5) is 14.8. The Labute approximate surface area is 136 Å². The summed E-state index contributed by atoms with van der Waals surface area (Å²) in [5, 5.41) is 6.10. The molecule has 0 saturated heterocycles. The number of anilines is 1. The highest BCUT2D eigenvalue weighted by molar-refractivity contribution is 9.10. The molecule has 110 valence electrons. The van der Waals surface area contributed by atoms with Crippen molar-refractivity contribution in [2.24, 2.45) is 0 Å². The molecule has 0 fully saturated rings. The van der Waals surface area contributed by atoms with Crippen molar-refractivity contribution in [1.82, 2.24) is 5.32 Å². The molecule has 0 radical (unpaired) electrons. The zero-order valence-corrected chi connectivity index (χ0v) is 14.0. The van der Waals surface area contributed by atoms with Gasteiger partial charge >= 0.3 is 0 Å². The zero-order chi connectivity index (χ0) is 14.7. The number of hydrogen-bond donors (Lipinski definition) is 2. The number of amides is 1. The van der Waals surface area contributed by atoms with Crippen LogP contribution in [0.5, 0.6) is 0 Å². The van der Waals surface area contributed by atoms with Gasteiger partial charge in [-0.1, -0.05) is 12.1 Å². The van der Waals surface area contributed by atoms with Crippen LogP contribution >= 0.6 is 27.3 Å². The first-order chi connectivity index (χ1) is 10.2. The molecule has 1 aliphatic carbocycles.